The predicted octanol–water partition coefficient (Wildman–Crippen LogP) is 5.63. The molecule has 2 heterocycles. The lowest BCUT2D eigenvalue weighted by Crippen LogP contribution is -2.33. The lowest BCUT2D eigenvalue weighted by molar-refractivity contribution is 0.0319. The van der Waals surface area contributed by atoms with Crippen LogP contribution in [-0.4, -0.2) is 26.1 Å². The number of hydrogen-bond donors (Lipinski definition) is 1. The van der Waals surface area contributed by atoms with E-state index in [-0.39, 0.29) is 5.28 Å². The summed E-state index contributed by atoms with van der Waals surface area (Å²) in [6.45, 7) is 0.856. The predicted molar refractivity (Wildman–Crippen MR) is 139 cm³/mol. The summed E-state index contributed by atoms with van der Waals surface area (Å²) in [5.74, 6) is 0.356. The number of benzene rings is 3. The summed E-state index contributed by atoms with van der Waals surface area (Å²) in [6.07, 6.45) is 5.54. The van der Waals surface area contributed by atoms with Crippen LogP contribution in [0.25, 0.3) is 11.2 Å². The quantitative estimate of drug-likeness (QED) is 0.176. The smallest absolute Gasteiger partial charge is 0.224 e. The van der Waals surface area contributed by atoms with Gasteiger partial charge in [-0.05, 0) is 28.3 Å². The van der Waals surface area contributed by atoms with E-state index in [1.165, 1.54) is 0 Å². The van der Waals surface area contributed by atoms with E-state index in [1.54, 1.807) is 10.8 Å². The van der Waals surface area contributed by atoms with E-state index >= 15 is 0 Å². The number of aromatic nitrogens is 4. The number of imidazole rings is 1. The largest absolute Gasteiger partial charge is 0.369 e. The fourth-order valence-corrected chi connectivity index (χ4v) is 4.41. The van der Waals surface area contributed by atoms with Gasteiger partial charge in [-0.25, -0.2) is 9.97 Å². The van der Waals surface area contributed by atoms with E-state index in [2.05, 4.69) is 51.4 Å². The van der Waals surface area contributed by atoms with Crippen LogP contribution >= 0.6 is 11.6 Å². The van der Waals surface area contributed by atoms with Gasteiger partial charge in [-0.1, -0.05) is 103 Å². The Labute approximate surface area is 208 Å². The van der Waals surface area contributed by atoms with Gasteiger partial charge in [0.2, 0.25) is 11.2 Å². The number of halogens is 1. The van der Waals surface area contributed by atoms with Gasteiger partial charge in [0.05, 0.1) is 12.8 Å². The van der Waals surface area contributed by atoms with E-state index in [0.717, 1.165) is 16.7 Å². The van der Waals surface area contributed by atoms with Crippen LogP contribution in [-0.2, 0) is 16.9 Å². The molecule has 0 aliphatic rings. The van der Waals surface area contributed by atoms with Crippen LogP contribution < -0.4 is 5.73 Å². The lowest BCUT2D eigenvalue weighted by Gasteiger charge is -2.35. The van der Waals surface area contributed by atoms with E-state index in [1.807, 2.05) is 66.7 Å². The van der Waals surface area contributed by atoms with Crippen molar-refractivity contribution in [1.29, 1.82) is 0 Å². The normalized spacial score (nSPS) is 11.9. The molecule has 0 spiro atoms. The fourth-order valence-electron chi connectivity index (χ4n) is 4.29. The van der Waals surface area contributed by atoms with Crippen LogP contribution in [0.3, 0.4) is 0 Å². The molecule has 0 fully saturated rings. The maximum Gasteiger partial charge on any atom is 0.224 e. The number of nitrogen functional groups attached to an aromatic ring is 1. The van der Waals surface area contributed by atoms with Crippen molar-refractivity contribution in [2.24, 2.45) is 0 Å². The van der Waals surface area contributed by atoms with Gasteiger partial charge >= 0.3 is 0 Å². The van der Waals surface area contributed by atoms with Gasteiger partial charge in [0.15, 0.2) is 5.65 Å². The second kappa shape index (κ2) is 10.1. The molecular formula is C28H24ClN5O. The van der Waals surface area contributed by atoms with Crippen LogP contribution in [0.5, 0.6) is 0 Å². The van der Waals surface area contributed by atoms with Crippen molar-refractivity contribution in [2.45, 2.75) is 12.1 Å². The molecule has 7 heteroatoms. The molecule has 0 amide bonds. The Morgan fingerprint density at radius 3 is 1.89 bits per heavy atom. The Balaban J connectivity index is 1.46. The Morgan fingerprint density at radius 2 is 1.34 bits per heavy atom. The topological polar surface area (TPSA) is 78.9 Å². The van der Waals surface area contributed by atoms with E-state index in [4.69, 9.17) is 22.1 Å². The molecular weight excluding hydrogens is 458 g/mol. The minimum absolute atomic E-state index is 0.157. The number of hydrogen-bond acceptors (Lipinski definition) is 5. The second-order valence-electron chi connectivity index (χ2n) is 7.99. The zero-order valence-electron chi connectivity index (χ0n) is 19.0. The third kappa shape index (κ3) is 4.54. The van der Waals surface area contributed by atoms with E-state index < -0.39 is 5.60 Å². The standard InChI is InChI=1S/C28H24ClN5O/c29-26-31-20-24-25(33-26)34(27(30)32-24)18-10-11-19-35-28(21-12-4-1-5-13-21,22-14-6-2-7-15-22)23-16-8-3-9-17-23/h1-17,20H,18-19H2,(H2,30,32)/b11-10-. The maximum absolute atomic E-state index is 6.75. The molecule has 174 valence electrons. The minimum atomic E-state index is -0.768. The Morgan fingerprint density at radius 1 is 0.800 bits per heavy atom. The molecule has 6 nitrogen and oxygen atoms in total. The van der Waals surface area contributed by atoms with Crippen molar-refractivity contribution in [3.8, 4) is 0 Å². The average Bonchev–Trinajstić information content (AvgIpc) is 3.22. The first-order valence-electron chi connectivity index (χ1n) is 11.3. The van der Waals surface area contributed by atoms with Crippen LogP contribution in [0, 0.1) is 0 Å². The summed E-state index contributed by atoms with van der Waals surface area (Å²) in [7, 11) is 0. The molecule has 5 rings (SSSR count). The zero-order valence-corrected chi connectivity index (χ0v) is 19.7. The van der Waals surface area contributed by atoms with E-state index in [0.29, 0.717) is 30.3 Å². The Kier molecular flexibility index (Phi) is 6.57. The molecule has 5 aromatic rings. The molecule has 0 bridgehead atoms. The number of nitrogens with two attached hydrogens (primary N) is 1. The number of anilines is 1. The Bertz CT molecular complexity index is 1340. The van der Waals surface area contributed by atoms with Gasteiger partial charge in [-0.15, -0.1) is 0 Å². The van der Waals surface area contributed by atoms with Crippen molar-refractivity contribution < 1.29 is 4.74 Å². The van der Waals surface area contributed by atoms with Crippen molar-refractivity contribution >= 4 is 28.7 Å². The molecule has 0 unspecified atom stereocenters. The zero-order chi connectivity index (χ0) is 24.1. The molecule has 0 aliphatic heterocycles. The van der Waals surface area contributed by atoms with Crippen molar-refractivity contribution in [2.75, 3.05) is 12.3 Å². The molecule has 3 aromatic carbocycles. The van der Waals surface area contributed by atoms with Gasteiger partial charge in [0.25, 0.3) is 0 Å². The minimum Gasteiger partial charge on any atom is -0.369 e. The van der Waals surface area contributed by atoms with Gasteiger partial charge < -0.3 is 10.5 Å². The SMILES string of the molecule is Nc1nc2cnc(Cl)nc2n1C/C=C\COC(c1ccccc1)(c1ccccc1)c1ccccc1. The first kappa shape index (κ1) is 22.8. The molecule has 2 N–H and O–H groups in total. The number of allylic oxidation sites excluding steroid dienone is 1. The monoisotopic (exact) mass is 481 g/mol. The van der Waals surface area contributed by atoms with Crippen molar-refractivity contribution in [3.05, 3.63) is 131 Å². The number of fused-ring (bicyclic) bond motifs is 1. The number of nitrogens with zero attached hydrogens (tertiary/aromatic N) is 4. The summed E-state index contributed by atoms with van der Waals surface area (Å²) in [6, 6.07) is 30.9. The molecule has 35 heavy (non-hydrogen) atoms. The molecule has 0 radical (unpaired) electrons. The molecule has 0 atom stereocenters. The average molecular weight is 482 g/mol. The third-order valence-electron chi connectivity index (χ3n) is 5.88. The highest BCUT2D eigenvalue weighted by Crippen LogP contribution is 2.40. The highest BCUT2D eigenvalue weighted by atomic mass is 35.5. The third-order valence-corrected chi connectivity index (χ3v) is 6.06. The Hall–Kier alpha value is -4.00. The first-order chi connectivity index (χ1) is 17.2. The van der Waals surface area contributed by atoms with Crippen LogP contribution in [0.15, 0.2) is 109 Å². The number of ether oxygens (including phenoxy) is 1. The summed E-state index contributed by atoms with van der Waals surface area (Å²) < 4.78 is 8.54. The van der Waals surface area contributed by atoms with Gasteiger partial charge in [-0.3, -0.25) is 4.57 Å². The molecule has 0 saturated carbocycles. The summed E-state index contributed by atoms with van der Waals surface area (Å²) >= 11 is 5.97. The highest BCUT2D eigenvalue weighted by Gasteiger charge is 2.37. The fraction of sp³-hybridized carbons (Fsp3) is 0.107. The second-order valence-corrected chi connectivity index (χ2v) is 8.33. The van der Waals surface area contributed by atoms with Gasteiger partial charge in [0.1, 0.15) is 11.1 Å². The lowest BCUT2D eigenvalue weighted by atomic mass is 9.80. The van der Waals surface area contributed by atoms with Crippen molar-refractivity contribution in [1.82, 2.24) is 19.5 Å². The summed E-state index contributed by atoms with van der Waals surface area (Å²) in [4.78, 5) is 12.5. The van der Waals surface area contributed by atoms with Crippen molar-refractivity contribution in [3.63, 3.8) is 0 Å². The number of rotatable bonds is 8. The molecule has 0 aliphatic carbocycles. The summed E-state index contributed by atoms with van der Waals surface area (Å²) in [5.41, 5.74) is 9.70. The van der Waals surface area contributed by atoms with Crippen LogP contribution in [0.1, 0.15) is 16.7 Å². The van der Waals surface area contributed by atoms with Gasteiger partial charge in [0, 0.05) is 6.54 Å². The van der Waals surface area contributed by atoms with Crippen LogP contribution in [0.4, 0.5) is 5.95 Å². The highest BCUT2D eigenvalue weighted by molar-refractivity contribution is 6.28. The van der Waals surface area contributed by atoms with Gasteiger partial charge in [-0.2, -0.15) is 4.98 Å². The van der Waals surface area contributed by atoms with E-state index in [9.17, 15) is 0 Å². The maximum atomic E-state index is 6.75. The first-order valence-corrected chi connectivity index (χ1v) is 11.7. The summed E-state index contributed by atoms with van der Waals surface area (Å²) in [5, 5.41) is 0.157. The van der Waals surface area contributed by atoms with Crippen LogP contribution in [0.2, 0.25) is 5.28 Å². The molecule has 0 saturated heterocycles. The molecule has 2 aromatic heterocycles.